The molecule has 1 aromatic carbocycles. The summed E-state index contributed by atoms with van der Waals surface area (Å²) >= 11 is 0. The van der Waals surface area contributed by atoms with Crippen LogP contribution in [0, 0.1) is 0 Å². The van der Waals surface area contributed by atoms with Crippen molar-refractivity contribution in [1.82, 2.24) is 9.97 Å². The van der Waals surface area contributed by atoms with Crippen LogP contribution in [0.15, 0.2) is 24.4 Å². The maximum Gasteiger partial charge on any atom is 0.271 e. The molecule has 2 saturated heterocycles. The average Bonchev–Trinajstić information content (AvgIpc) is 3.34. The highest BCUT2D eigenvalue weighted by molar-refractivity contribution is 5.96. The summed E-state index contributed by atoms with van der Waals surface area (Å²) in [6, 6.07) is 5.97. The van der Waals surface area contributed by atoms with Gasteiger partial charge in [0, 0.05) is 43.7 Å². The molecule has 0 bridgehead atoms. The van der Waals surface area contributed by atoms with Crippen molar-refractivity contribution >= 4 is 28.9 Å². The Morgan fingerprint density at radius 2 is 1.92 bits per heavy atom. The van der Waals surface area contributed by atoms with Gasteiger partial charge in [0.2, 0.25) is 0 Å². The standard InChI is InChI=1S/C25H34N6O5/c1-34-20-14-17(4-7-19(20)31-10-8-25(9-11-31)35-12-13-36-25)29-24-22(23(26)33)27-15-21(30-24)28-16-2-5-18(32)6-3-16/h4,7,14-16,18,32H,2-3,5-6,8-13H2,1H3,(H2,26,33)(H2,28,29,30). The predicted molar refractivity (Wildman–Crippen MR) is 135 cm³/mol. The Morgan fingerprint density at radius 3 is 2.58 bits per heavy atom. The number of aromatic nitrogens is 2. The highest BCUT2D eigenvalue weighted by Gasteiger charge is 2.40. The van der Waals surface area contributed by atoms with Crippen molar-refractivity contribution in [2.45, 2.75) is 56.5 Å². The van der Waals surface area contributed by atoms with E-state index in [4.69, 9.17) is 19.9 Å². The van der Waals surface area contributed by atoms with E-state index in [0.717, 1.165) is 57.3 Å². The Labute approximate surface area is 210 Å². The van der Waals surface area contributed by atoms with Gasteiger partial charge in [-0.05, 0) is 37.8 Å². The maximum absolute atomic E-state index is 12.0. The number of methoxy groups -OCH3 is 1. The molecule has 194 valence electrons. The summed E-state index contributed by atoms with van der Waals surface area (Å²) < 4.78 is 17.4. The minimum atomic E-state index is -0.667. The zero-order valence-electron chi connectivity index (χ0n) is 20.5. The average molecular weight is 499 g/mol. The Balaban J connectivity index is 1.31. The molecule has 11 heteroatoms. The zero-order chi connectivity index (χ0) is 25.1. The first-order valence-electron chi connectivity index (χ1n) is 12.5. The fourth-order valence-electron chi connectivity index (χ4n) is 5.18. The molecule has 5 N–H and O–H groups in total. The number of nitrogens with one attached hydrogen (secondary N) is 2. The summed E-state index contributed by atoms with van der Waals surface area (Å²) in [5.74, 6) is 0.415. The Kier molecular flexibility index (Phi) is 7.13. The molecule has 3 fully saturated rings. The van der Waals surface area contributed by atoms with Gasteiger partial charge in [-0.15, -0.1) is 0 Å². The fourth-order valence-corrected chi connectivity index (χ4v) is 5.18. The van der Waals surface area contributed by atoms with E-state index in [2.05, 4.69) is 25.5 Å². The van der Waals surface area contributed by atoms with Crippen LogP contribution in [0.25, 0.3) is 0 Å². The van der Waals surface area contributed by atoms with Gasteiger partial charge in [-0.3, -0.25) is 4.79 Å². The summed E-state index contributed by atoms with van der Waals surface area (Å²) in [7, 11) is 1.64. The van der Waals surface area contributed by atoms with Crippen molar-refractivity contribution in [1.29, 1.82) is 0 Å². The Hall–Kier alpha value is -3.15. The topological polar surface area (TPSA) is 144 Å². The molecule has 0 radical (unpaired) electrons. The fraction of sp³-hybridized carbons (Fsp3) is 0.560. The first-order valence-corrected chi connectivity index (χ1v) is 12.5. The van der Waals surface area contributed by atoms with Gasteiger partial charge in [-0.25, -0.2) is 9.97 Å². The molecule has 0 atom stereocenters. The number of amides is 1. The number of carbonyl (C=O) groups is 1. The van der Waals surface area contributed by atoms with Gasteiger partial charge in [0.05, 0.1) is 38.3 Å². The molecule has 1 amide bonds. The number of aliphatic hydroxyl groups excluding tert-OH is 1. The van der Waals surface area contributed by atoms with Gasteiger partial charge in [-0.1, -0.05) is 0 Å². The molecule has 36 heavy (non-hydrogen) atoms. The van der Waals surface area contributed by atoms with Gasteiger partial charge in [0.1, 0.15) is 11.6 Å². The summed E-state index contributed by atoms with van der Waals surface area (Å²) in [6.45, 7) is 2.90. The van der Waals surface area contributed by atoms with E-state index >= 15 is 0 Å². The minimum Gasteiger partial charge on any atom is -0.495 e. The number of piperidine rings is 1. The summed E-state index contributed by atoms with van der Waals surface area (Å²) in [5.41, 5.74) is 7.29. The second kappa shape index (κ2) is 10.5. The third-order valence-electron chi connectivity index (χ3n) is 7.18. The number of benzene rings is 1. The van der Waals surface area contributed by atoms with Gasteiger partial charge >= 0.3 is 0 Å². The van der Waals surface area contributed by atoms with Crippen molar-refractivity contribution in [3.63, 3.8) is 0 Å². The Bertz CT molecular complexity index is 1070. The van der Waals surface area contributed by atoms with Crippen LogP contribution in [0.1, 0.15) is 49.0 Å². The van der Waals surface area contributed by atoms with Crippen LogP contribution in [-0.2, 0) is 9.47 Å². The van der Waals surface area contributed by atoms with Crippen molar-refractivity contribution in [3.8, 4) is 5.75 Å². The number of hydrogen-bond acceptors (Lipinski definition) is 10. The van der Waals surface area contributed by atoms with Crippen molar-refractivity contribution in [3.05, 3.63) is 30.1 Å². The molecule has 2 aromatic rings. The second-order valence-corrected chi connectivity index (χ2v) is 9.57. The van der Waals surface area contributed by atoms with E-state index in [1.54, 1.807) is 7.11 Å². The minimum absolute atomic E-state index is 0.0561. The van der Waals surface area contributed by atoms with Gasteiger partial charge in [0.25, 0.3) is 5.91 Å². The monoisotopic (exact) mass is 498 g/mol. The number of aliphatic hydroxyl groups is 1. The third kappa shape index (κ3) is 5.32. The summed E-state index contributed by atoms with van der Waals surface area (Å²) in [5, 5.41) is 16.3. The van der Waals surface area contributed by atoms with Crippen LogP contribution < -0.4 is 26.0 Å². The summed E-state index contributed by atoms with van der Waals surface area (Å²) in [6.07, 6.45) is 6.06. The summed E-state index contributed by atoms with van der Waals surface area (Å²) in [4.78, 5) is 23.1. The van der Waals surface area contributed by atoms with E-state index in [9.17, 15) is 9.90 Å². The highest BCUT2D eigenvalue weighted by Crippen LogP contribution is 2.38. The maximum atomic E-state index is 12.0. The van der Waals surface area contributed by atoms with Gasteiger partial charge < -0.3 is 40.6 Å². The number of rotatable bonds is 7. The van der Waals surface area contributed by atoms with Crippen LogP contribution in [0.2, 0.25) is 0 Å². The normalized spacial score (nSPS) is 23.4. The second-order valence-electron chi connectivity index (χ2n) is 9.57. The predicted octanol–water partition coefficient (Wildman–Crippen LogP) is 2.39. The van der Waals surface area contributed by atoms with Crippen LogP contribution in [0.4, 0.5) is 23.0 Å². The lowest BCUT2D eigenvalue weighted by molar-refractivity contribution is -0.169. The molecule has 11 nitrogen and oxygen atoms in total. The van der Waals surface area contributed by atoms with E-state index in [0.29, 0.717) is 30.5 Å². The number of ether oxygens (including phenoxy) is 3. The molecule has 3 aliphatic rings. The number of anilines is 4. The molecule has 5 rings (SSSR count). The lowest BCUT2D eigenvalue weighted by atomic mass is 9.93. The third-order valence-corrected chi connectivity index (χ3v) is 7.18. The number of nitrogens with two attached hydrogens (primary N) is 1. The number of primary amides is 1. The molecule has 1 aliphatic carbocycles. The SMILES string of the molecule is COc1cc(Nc2nc(NC3CCC(O)CC3)cnc2C(N)=O)ccc1N1CCC2(CC1)OCCO2. The number of hydrogen-bond donors (Lipinski definition) is 4. The lowest BCUT2D eigenvalue weighted by Crippen LogP contribution is -2.45. The smallest absolute Gasteiger partial charge is 0.271 e. The lowest BCUT2D eigenvalue weighted by Gasteiger charge is -2.39. The molecular weight excluding hydrogens is 464 g/mol. The van der Waals surface area contributed by atoms with Crippen LogP contribution in [-0.4, -0.2) is 72.3 Å². The number of nitrogens with zero attached hydrogens (tertiary/aromatic N) is 3. The van der Waals surface area contributed by atoms with E-state index in [-0.39, 0.29) is 23.7 Å². The molecule has 3 heterocycles. The van der Waals surface area contributed by atoms with Crippen LogP contribution >= 0.6 is 0 Å². The first kappa shape index (κ1) is 24.5. The van der Waals surface area contributed by atoms with E-state index in [1.807, 2.05) is 18.2 Å². The molecule has 1 saturated carbocycles. The largest absolute Gasteiger partial charge is 0.495 e. The van der Waals surface area contributed by atoms with Crippen molar-refractivity contribution in [2.75, 3.05) is 48.9 Å². The van der Waals surface area contributed by atoms with Crippen LogP contribution in [0.3, 0.4) is 0 Å². The molecule has 1 aromatic heterocycles. The molecule has 2 aliphatic heterocycles. The Morgan fingerprint density at radius 1 is 1.19 bits per heavy atom. The number of carbonyl (C=O) groups excluding carboxylic acids is 1. The van der Waals surface area contributed by atoms with Crippen LogP contribution in [0.5, 0.6) is 5.75 Å². The molecule has 1 spiro atoms. The van der Waals surface area contributed by atoms with Crippen molar-refractivity contribution in [2.24, 2.45) is 5.73 Å². The van der Waals surface area contributed by atoms with Crippen molar-refractivity contribution < 1.29 is 24.1 Å². The van der Waals surface area contributed by atoms with E-state index in [1.165, 1.54) is 6.20 Å². The molecule has 0 unspecified atom stereocenters. The zero-order valence-corrected chi connectivity index (χ0v) is 20.5. The first-order chi connectivity index (χ1) is 17.4. The molecular formula is C25H34N6O5. The quantitative estimate of drug-likeness (QED) is 0.449. The van der Waals surface area contributed by atoms with Gasteiger partial charge in [-0.2, -0.15) is 0 Å². The van der Waals surface area contributed by atoms with Gasteiger partial charge in [0.15, 0.2) is 17.3 Å². The highest BCUT2D eigenvalue weighted by atomic mass is 16.7. The van der Waals surface area contributed by atoms with E-state index < -0.39 is 11.7 Å².